The number of hydrogen-bond donors (Lipinski definition) is 1. The average Bonchev–Trinajstić information content (AvgIpc) is 2.50. The highest BCUT2D eigenvalue weighted by Crippen LogP contribution is 2.12. The molecule has 0 saturated heterocycles. The van der Waals surface area contributed by atoms with E-state index in [9.17, 15) is 4.79 Å². The lowest BCUT2D eigenvalue weighted by molar-refractivity contribution is -0.121. The van der Waals surface area contributed by atoms with Crippen molar-refractivity contribution in [3.8, 4) is 5.75 Å². The van der Waals surface area contributed by atoms with Crippen molar-refractivity contribution in [2.45, 2.75) is 64.8 Å². The molecule has 1 aromatic rings. The highest BCUT2D eigenvalue weighted by Gasteiger charge is 2.07. The monoisotopic (exact) mass is 291 g/mol. The van der Waals surface area contributed by atoms with Crippen molar-refractivity contribution in [1.29, 1.82) is 0 Å². The summed E-state index contributed by atoms with van der Waals surface area (Å²) in [5.74, 6) is 0.998. The van der Waals surface area contributed by atoms with E-state index in [0.29, 0.717) is 6.42 Å². The zero-order valence-corrected chi connectivity index (χ0v) is 13.7. The smallest absolute Gasteiger partial charge is 0.220 e. The van der Waals surface area contributed by atoms with Crippen molar-refractivity contribution in [2.75, 3.05) is 7.11 Å². The maximum Gasteiger partial charge on any atom is 0.220 e. The Hall–Kier alpha value is -1.51. The lowest BCUT2D eigenvalue weighted by Gasteiger charge is -2.13. The first-order chi connectivity index (χ1) is 10.2. The second-order valence-corrected chi connectivity index (χ2v) is 5.67. The van der Waals surface area contributed by atoms with E-state index in [1.807, 2.05) is 24.3 Å². The van der Waals surface area contributed by atoms with Gasteiger partial charge in [0.25, 0.3) is 0 Å². The van der Waals surface area contributed by atoms with E-state index in [2.05, 4.69) is 19.2 Å². The van der Waals surface area contributed by atoms with Crippen molar-refractivity contribution >= 4 is 5.91 Å². The van der Waals surface area contributed by atoms with Gasteiger partial charge in [0.05, 0.1) is 7.11 Å². The predicted octanol–water partition coefficient (Wildman–Crippen LogP) is 4.10. The van der Waals surface area contributed by atoms with Gasteiger partial charge < -0.3 is 10.1 Å². The van der Waals surface area contributed by atoms with Crippen LogP contribution < -0.4 is 10.1 Å². The molecule has 1 unspecified atom stereocenters. The second-order valence-electron chi connectivity index (χ2n) is 5.67. The van der Waals surface area contributed by atoms with Crippen LogP contribution in [0.1, 0.15) is 57.9 Å². The molecule has 118 valence electrons. The third-order valence-corrected chi connectivity index (χ3v) is 3.70. The Balaban J connectivity index is 2.20. The normalized spacial score (nSPS) is 12.0. The summed E-state index contributed by atoms with van der Waals surface area (Å²) >= 11 is 0. The van der Waals surface area contributed by atoms with Crippen LogP contribution >= 0.6 is 0 Å². The molecule has 3 heteroatoms. The van der Waals surface area contributed by atoms with E-state index in [-0.39, 0.29) is 11.9 Å². The third kappa shape index (κ3) is 7.74. The number of carbonyl (C=O) groups is 1. The van der Waals surface area contributed by atoms with Crippen LogP contribution in [0.2, 0.25) is 0 Å². The van der Waals surface area contributed by atoms with E-state index < -0.39 is 0 Å². The Morgan fingerprint density at radius 3 is 2.52 bits per heavy atom. The van der Waals surface area contributed by atoms with Crippen LogP contribution in [0, 0.1) is 0 Å². The zero-order valence-electron chi connectivity index (χ0n) is 13.7. The molecule has 0 fully saturated rings. The van der Waals surface area contributed by atoms with Crippen LogP contribution in [0.15, 0.2) is 24.3 Å². The maximum absolute atomic E-state index is 11.9. The number of rotatable bonds is 10. The van der Waals surface area contributed by atoms with Crippen LogP contribution in [0.25, 0.3) is 0 Å². The molecular weight excluding hydrogens is 262 g/mol. The van der Waals surface area contributed by atoms with Crippen molar-refractivity contribution in [3.05, 3.63) is 29.8 Å². The molecule has 0 saturated carbocycles. The fourth-order valence-corrected chi connectivity index (χ4v) is 2.35. The summed E-state index contributed by atoms with van der Waals surface area (Å²) in [4.78, 5) is 11.9. The third-order valence-electron chi connectivity index (χ3n) is 3.70. The molecule has 1 rings (SSSR count). The predicted molar refractivity (Wildman–Crippen MR) is 87.7 cm³/mol. The molecule has 0 aromatic heterocycles. The largest absolute Gasteiger partial charge is 0.497 e. The lowest BCUT2D eigenvalue weighted by atomic mass is 10.1. The van der Waals surface area contributed by atoms with Gasteiger partial charge in [0.1, 0.15) is 5.75 Å². The number of methoxy groups -OCH3 is 1. The second kappa shape index (κ2) is 10.3. The Bertz CT molecular complexity index is 400. The molecule has 1 aromatic carbocycles. The SMILES string of the molecule is CCCCCCC(C)NC(=O)CCc1ccc(OC)cc1. The summed E-state index contributed by atoms with van der Waals surface area (Å²) in [5, 5.41) is 3.09. The standard InChI is InChI=1S/C18H29NO2/c1-4-5-6-7-8-15(2)19-18(20)14-11-16-9-12-17(21-3)13-10-16/h9-10,12-13,15H,4-8,11,14H2,1-3H3,(H,19,20). The Labute approximate surface area is 129 Å². The van der Waals surface area contributed by atoms with Gasteiger partial charge in [0.15, 0.2) is 0 Å². The van der Waals surface area contributed by atoms with E-state index in [1.165, 1.54) is 31.2 Å². The minimum atomic E-state index is 0.147. The number of ether oxygens (including phenoxy) is 1. The molecule has 1 N–H and O–H groups in total. The van der Waals surface area contributed by atoms with Gasteiger partial charge in [0, 0.05) is 12.5 Å². The van der Waals surface area contributed by atoms with Crippen LogP contribution in [-0.4, -0.2) is 19.1 Å². The minimum Gasteiger partial charge on any atom is -0.497 e. The number of hydrogen-bond acceptors (Lipinski definition) is 2. The fraction of sp³-hybridized carbons (Fsp3) is 0.611. The summed E-state index contributed by atoms with van der Waals surface area (Å²) in [5.41, 5.74) is 1.17. The first kappa shape index (κ1) is 17.5. The van der Waals surface area contributed by atoms with Gasteiger partial charge in [-0.3, -0.25) is 4.79 Å². The molecule has 0 bridgehead atoms. The first-order valence-electron chi connectivity index (χ1n) is 8.08. The van der Waals surface area contributed by atoms with Crippen LogP contribution in [0.3, 0.4) is 0 Å². The Morgan fingerprint density at radius 1 is 1.19 bits per heavy atom. The van der Waals surface area contributed by atoms with E-state index in [4.69, 9.17) is 4.74 Å². The molecule has 1 atom stereocenters. The van der Waals surface area contributed by atoms with Crippen LogP contribution in [0.5, 0.6) is 5.75 Å². The van der Waals surface area contributed by atoms with Gasteiger partial charge in [-0.05, 0) is 37.5 Å². The topological polar surface area (TPSA) is 38.3 Å². The molecule has 21 heavy (non-hydrogen) atoms. The van der Waals surface area contributed by atoms with Crippen molar-refractivity contribution < 1.29 is 9.53 Å². The average molecular weight is 291 g/mol. The molecule has 0 radical (unpaired) electrons. The molecule has 0 aliphatic rings. The summed E-state index contributed by atoms with van der Waals surface area (Å²) in [6.07, 6.45) is 7.41. The molecule has 0 aliphatic carbocycles. The quantitative estimate of drug-likeness (QED) is 0.659. The molecule has 1 amide bonds. The van der Waals surface area contributed by atoms with E-state index in [1.54, 1.807) is 7.11 Å². The van der Waals surface area contributed by atoms with Gasteiger partial charge in [-0.1, -0.05) is 44.7 Å². The maximum atomic E-state index is 11.9. The van der Waals surface area contributed by atoms with Crippen LogP contribution in [-0.2, 0) is 11.2 Å². The lowest BCUT2D eigenvalue weighted by Crippen LogP contribution is -2.32. The molecule has 0 aliphatic heterocycles. The first-order valence-corrected chi connectivity index (χ1v) is 8.08. The highest BCUT2D eigenvalue weighted by atomic mass is 16.5. The summed E-state index contributed by atoms with van der Waals surface area (Å²) < 4.78 is 5.12. The summed E-state index contributed by atoms with van der Waals surface area (Å²) in [6, 6.07) is 8.18. The number of nitrogens with one attached hydrogen (secondary N) is 1. The minimum absolute atomic E-state index is 0.147. The summed E-state index contributed by atoms with van der Waals surface area (Å²) in [7, 11) is 1.66. The van der Waals surface area contributed by atoms with Gasteiger partial charge >= 0.3 is 0 Å². The molecule has 3 nitrogen and oxygen atoms in total. The number of aryl methyl sites for hydroxylation is 1. The zero-order chi connectivity index (χ0) is 15.5. The molecule has 0 spiro atoms. The Kier molecular flexibility index (Phi) is 8.56. The van der Waals surface area contributed by atoms with Gasteiger partial charge in [-0.2, -0.15) is 0 Å². The van der Waals surface area contributed by atoms with Crippen molar-refractivity contribution in [3.63, 3.8) is 0 Å². The van der Waals surface area contributed by atoms with Crippen molar-refractivity contribution in [1.82, 2.24) is 5.32 Å². The van der Waals surface area contributed by atoms with E-state index in [0.717, 1.165) is 18.6 Å². The number of unbranched alkanes of at least 4 members (excludes halogenated alkanes) is 3. The van der Waals surface area contributed by atoms with E-state index >= 15 is 0 Å². The number of amides is 1. The van der Waals surface area contributed by atoms with Gasteiger partial charge in [-0.15, -0.1) is 0 Å². The highest BCUT2D eigenvalue weighted by molar-refractivity contribution is 5.76. The Morgan fingerprint density at radius 2 is 1.90 bits per heavy atom. The van der Waals surface area contributed by atoms with Crippen molar-refractivity contribution in [2.24, 2.45) is 0 Å². The van der Waals surface area contributed by atoms with Gasteiger partial charge in [-0.25, -0.2) is 0 Å². The summed E-state index contributed by atoms with van der Waals surface area (Å²) in [6.45, 7) is 4.31. The molecular formula is C18H29NO2. The fourth-order valence-electron chi connectivity index (χ4n) is 2.35. The molecule has 0 heterocycles. The number of carbonyl (C=O) groups excluding carboxylic acids is 1. The van der Waals surface area contributed by atoms with Gasteiger partial charge in [0.2, 0.25) is 5.91 Å². The number of benzene rings is 1. The van der Waals surface area contributed by atoms with Crippen LogP contribution in [0.4, 0.5) is 0 Å².